The number of carbonyl (C=O) groups is 2. The molecule has 50 heavy (non-hydrogen) atoms. The predicted octanol–water partition coefficient (Wildman–Crippen LogP) is 10.4. The minimum atomic E-state index is -0.270. The van der Waals surface area contributed by atoms with Crippen LogP contribution in [0.3, 0.4) is 0 Å². The smallest absolute Gasteiger partial charge is 0.306 e. The molecular formula is C44H72N2O4. The zero-order valence-corrected chi connectivity index (χ0v) is 32.9. The van der Waals surface area contributed by atoms with Gasteiger partial charge in [0.2, 0.25) is 5.91 Å². The van der Waals surface area contributed by atoms with Crippen LogP contribution in [0.2, 0.25) is 0 Å². The highest BCUT2D eigenvalue weighted by Gasteiger charge is 2.24. The number of nitrogens with one attached hydrogen (secondary N) is 1. The lowest BCUT2D eigenvalue weighted by atomic mass is 9.79. The molecule has 1 aliphatic carbocycles. The van der Waals surface area contributed by atoms with E-state index in [0.717, 1.165) is 116 Å². The maximum absolute atomic E-state index is 12.7. The van der Waals surface area contributed by atoms with Crippen molar-refractivity contribution in [2.75, 3.05) is 46.0 Å². The summed E-state index contributed by atoms with van der Waals surface area (Å²) < 4.78 is 11.2. The molecule has 2 aliphatic rings. The Morgan fingerprint density at radius 2 is 1.50 bits per heavy atom. The van der Waals surface area contributed by atoms with Crippen LogP contribution in [0.25, 0.3) is 0 Å². The highest BCUT2D eigenvalue weighted by molar-refractivity contribution is 5.81. The predicted molar refractivity (Wildman–Crippen MR) is 211 cm³/mol. The lowest BCUT2D eigenvalue weighted by Crippen LogP contribution is -2.38. The first-order chi connectivity index (χ1) is 24.0. The molecule has 0 aromatic rings. The third kappa shape index (κ3) is 22.2. The van der Waals surface area contributed by atoms with E-state index in [-0.39, 0.29) is 24.7 Å². The molecule has 0 spiro atoms. The van der Waals surface area contributed by atoms with Crippen LogP contribution in [-0.4, -0.2) is 62.8 Å². The molecule has 0 unspecified atom stereocenters. The van der Waals surface area contributed by atoms with Crippen molar-refractivity contribution < 1.29 is 19.1 Å². The van der Waals surface area contributed by atoms with E-state index in [9.17, 15) is 9.59 Å². The van der Waals surface area contributed by atoms with Crippen LogP contribution in [0.4, 0.5) is 0 Å². The Bertz CT molecular complexity index is 1180. The van der Waals surface area contributed by atoms with Gasteiger partial charge in [0.15, 0.2) is 0 Å². The van der Waals surface area contributed by atoms with Crippen molar-refractivity contribution in [3.05, 3.63) is 70.4 Å². The van der Waals surface area contributed by atoms with Crippen molar-refractivity contribution in [1.29, 1.82) is 0 Å². The highest BCUT2D eigenvalue weighted by atomic mass is 16.5. The number of hydrogen-bond donors (Lipinski definition) is 1. The van der Waals surface area contributed by atoms with Gasteiger partial charge in [-0.2, -0.15) is 0 Å². The second kappa shape index (κ2) is 26.1. The van der Waals surface area contributed by atoms with Crippen molar-refractivity contribution >= 4 is 11.9 Å². The van der Waals surface area contributed by atoms with Crippen LogP contribution in [0.1, 0.15) is 138 Å². The summed E-state index contributed by atoms with van der Waals surface area (Å²) >= 11 is 0. The summed E-state index contributed by atoms with van der Waals surface area (Å²) in [5.74, 6) is 0.450. The SMILES string of the molecule is C=C(CC/C=C(\C)CCC=C(C)C)CC[C@@H]1C=C(CC/C=C(\C)CCC=C(C)C)C[C@@H](COC(=O)CCC(=O)NCCCN2CCOCC2)C1. The Balaban J connectivity index is 1.81. The number of nitrogens with zero attached hydrogens (tertiary/aromatic N) is 1. The number of hydrogen-bond acceptors (Lipinski definition) is 5. The minimum Gasteiger partial charge on any atom is -0.465 e. The third-order valence-electron chi connectivity index (χ3n) is 9.77. The first kappa shape index (κ1) is 43.5. The fraction of sp³-hybridized carbons (Fsp3) is 0.682. The Hall–Kier alpha value is -2.70. The lowest BCUT2D eigenvalue weighted by molar-refractivity contribution is -0.146. The summed E-state index contributed by atoms with van der Waals surface area (Å²) in [6.45, 7) is 23.1. The van der Waals surface area contributed by atoms with Gasteiger partial charge in [0.05, 0.1) is 26.2 Å². The molecule has 1 fully saturated rings. The molecule has 1 saturated heterocycles. The van der Waals surface area contributed by atoms with Gasteiger partial charge in [0.1, 0.15) is 0 Å². The van der Waals surface area contributed by atoms with Crippen LogP contribution >= 0.6 is 0 Å². The van der Waals surface area contributed by atoms with E-state index < -0.39 is 0 Å². The fourth-order valence-electron chi connectivity index (χ4n) is 6.73. The minimum absolute atomic E-state index is 0.0781. The normalized spacial score (nSPS) is 18.6. The van der Waals surface area contributed by atoms with Crippen LogP contribution in [0.15, 0.2) is 70.4 Å². The van der Waals surface area contributed by atoms with Crippen molar-refractivity contribution in [2.45, 2.75) is 138 Å². The molecular weight excluding hydrogens is 620 g/mol. The summed E-state index contributed by atoms with van der Waals surface area (Å²) in [5.41, 5.74) is 8.52. The van der Waals surface area contributed by atoms with E-state index >= 15 is 0 Å². The van der Waals surface area contributed by atoms with Crippen LogP contribution in [-0.2, 0) is 19.1 Å². The number of morpholine rings is 1. The summed E-state index contributed by atoms with van der Waals surface area (Å²) in [5, 5.41) is 2.96. The topological polar surface area (TPSA) is 67.9 Å². The monoisotopic (exact) mass is 693 g/mol. The van der Waals surface area contributed by atoms with Gasteiger partial charge < -0.3 is 14.8 Å². The molecule has 2 atom stereocenters. The second-order valence-corrected chi connectivity index (χ2v) is 15.3. The molecule has 0 saturated carbocycles. The van der Waals surface area contributed by atoms with Crippen molar-refractivity contribution in [2.24, 2.45) is 11.8 Å². The average Bonchev–Trinajstić information content (AvgIpc) is 3.07. The Morgan fingerprint density at radius 1 is 0.860 bits per heavy atom. The quantitative estimate of drug-likeness (QED) is 0.0620. The van der Waals surface area contributed by atoms with E-state index in [2.05, 4.69) is 88.7 Å². The molecule has 1 amide bonds. The van der Waals surface area contributed by atoms with Gasteiger partial charge in [-0.25, -0.2) is 0 Å². The van der Waals surface area contributed by atoms with Gasteiger partial charge in [-0.15, -0.1) is 0 Å². The van der Waals surface area contributed by atoms with Gasteiger partial charge in [0.25, 0.3) is 0 Å². The van der Waals surface area contributed by atoms with E-state index in [0.29, 0.717) is 25.0 Å². The molecule has 2 rings (SSSR count). The van der Waals surface area contributed by atoms with E-state index in [1.807, 2.05) is 0 Å². The maximum Gasteiger partial charge on any atom is 0.306 e. The maximum atomic E-state index is 12.7. The molecule has 6 nitrogen and oxygen atoms in total. The first-order valence-electron chi connectivity index (χ1n) is 19.7. The third-order valence-corrected chi connectivity index (χ3v) is 9.77. The van der Waals surface area contributed by atoms with Crippen molar-refractivity contribution in [1.82, 2.24) is 10.2 Å². The molecule has 1 aliphatic heterocycles. The summed E-state index contributed by atoms with van der Waals surface area (Å²) in [6, 6.07) is 0. The summed E-state index contributed by atoms with van der Waals surface area (Å²) in [7, 11) is 0. The Labute approximate surface area is 306 Å². The first-order valence-corrected chi connectivity index (χ1v) is 19.7. The molecule has 0 aromatic carbocycles. The molecule has 1 N–H and O–H groups in total. The van der Waals surface area contributed by atoms with Gasteiger partial charge in [-0.05, 0) is 143 Å². The number of amides is 1. The number of carbonyl (C=O) groups excluding carboxylic acids is 2. The lowest BCUT2D eigenvalue weighted by Gasteiger charge is -2.29. The second-order valence-electron chi connectivity index (χ2n) is 15.3. The number of allylic oxidation sites excluding steroid dienone is 11. The summed E-state index contributed by atoms with van der Waals surface area (Å²) in [6.07, 6.45) is 26.0. The fourth-order valence-corrected chi connectivity index (χ4v) is 6.73. The molecule has 0 aromatic heterocycles. The molecule has 0 bridgehead atoms. The highest BCUT2D eigenvalue weighted by Crippen LogP contribution is 2.34. The van der Waals surface area contributed by atoms with Crippen molar-refractivity contribution in [3.63, 3.8) is 0 Å². The van der Waals surface area contributed by atoms with Crippen molar-refractivity contribution in [3.8, 4) is 0 Å². The number of rotatable bonds is 24. The van der Waals surface area contributed by atoms with Gasteiger partial charge in [-0.1, -0.05) is 70.4 Å². The molecule has 0 radical (unpaired) electrons. The van der Waals surface area contributed by atoms with Gasteiger partial charge in [-0.3, -0.25) is 14.5 Å². The zero-order valence-electron chi connectivity index (χ0n) is 32.9. The van der Waals surface area contributed by atoms with Crippen LogP contribution in [0, 0.1) is 11.8 Å². The van der Waals surface area contributed by atoms with Gasteiger partial charge >= 0.3 is 5.97 Å². The zero-order chi connectivity index (χ0) is 36.6. The molecule has 6 heteroatoms. The largest absolute Gasteiger partial charge is 0.465 e. The summed E-state index contributed by atoms with van der Waals surface area (Å²) in [4.78, 5) is 27.3. The Morgan fingerprint density at radius 3 is 2.16 bits per heavy atom. The molecule has 1 heterocycles. The van der Waals surface area contributed by atoms with E-state index in [4.69, 9.17) is 9.47 Å². The Kier molecular flexibility index (Phi) is 22.7. The van der Waals surface area contributed by atoms with Gasteiger partial charge in [0, 0.05) is 26.1 Å². The average molecular weight is 693 g/mol. The van der Waals surface area contributed by atoms with Crippen LogP contribution in [0.5, 0.6) is 0 Å². The van der Waals surface area contributed by atoms with Crippen LogP contribution < -0.4 is 5.32 Å². The molecule has 282 valence electrons. The van der Waals surface area contributed by atoms with E-state index in [1.165, 1.54) is 33.4 Å². The number of esters is 1. The van der Waals surface area contributed by atoms with E-state index in [1.54, 1.807) is 0 Å². The number of ether oxygens (including phenoxy) is 2. The standard InChI is InChI=1S/C44H72N2O4/c1-35(2)13-8-15-37(5)17-10-18-39(7)21-22-41-31-40(20-11-19-38(6)16-9-14-36(3)4)32-42(33-41)34-50-44(48)24-23-43(47)45-25-12-26-46-27-29-49-30-28-46/h13-14,17,19,31,41-42H,7-12,15-16,18,20-30,32-34H2,1-6H3,(H,45,47)/b37-17+,38-19+/t41-,42-/m1/s1.